The van der Waals surface area contributed by atoms with Crippen LogP contribution in [-0.4, -0.2) is 9.78 Å². The van der Waals surface area contributed by atoms with Gasteiger partial charge < -0.3 is 5.73 Å². The second-order valence-corrected chi connectivity index (χ2v) is 3.82. The Morgan fingerprint density at radius 2 is 2.20 bits per heavy atom. The monoisotopic (exact) mass is 221 g/mol. The molecule has 4 heteroatoms. The molecule has 2 rings (SSSR count). The normalized spacial score (nSPS) is 10.6. The van der Waals surface area contributed by atoms with E-state index in [1.165, 1.54) is 0 Å². The van der Waals surface area contributed by atoms with Crippen LogP contribution in [0.4, 0.5) is 0 Å². The molecule has 2 N–H and O–H groups in total. The molecule has 0 aliphatic carbocycles. The molecule has 0 radical (unpaired) electrons. The first-order valence-corrected chi connectivity index (χ1v) is 5.09. The van der Waals surface area contributed by atoms with Crippen LogP contribution in [0.25, 0.3) is 5.69 Å². The van der Waals surface area contributed by atoms with E-state index in [0.717, 1.165) is 16.9 Å². The van der Waals surface area contributed by atoms with E-state index in [0.29, 0.717) is 11.6 Å². The summed E-state index contributed by atoms with van der Waals surface area (Å²) in [7, 11) is 0. The number of rotatable bonds is 2. The lowest BCUT2D eigenvalue weighted by Crippen LogP contribution is -2.01. The van der Waals surface area contributed by atoms with Crippen LogP contribution in [0.1, 0.15) is 11.3 Å². The quantitative estimate of drug-likeness (QED) is 0.846. The first-order valence-electron chi connectivity index (χ1n) is 4.72. The summed E-state index contributed by atoms with van der Waals surface area (Å²) in [5.41, 5.74) is 8.39. The van der Waals surface area contributed by atoms with Crippen molar-refractivity contribution >= 4 is 11.6 Å². The second kappa shape index (κ2) is 4.04. The largest absolute Gasteiger partial charge is 0.325 e. The molecule has 0 aliphatic heterocycles. The molecule has 0 saturated heterocycles. The Bertz CT molecular complexity index is 476. The van der Waals surface area contributed by atoms with E-state index >= 15 is 0 Å². The predicted molar refractivity (Wildman–Crippen MR) is 61.2 cm³/mol. The van der Waals surface area contributed by atoms with Gasteiger partial charge in [-0.1, -0.05) is 17.7 Å². The standard InChI is InChI=1S/C11H12ClN3/c1-8-2-3-10(12)11(6-8)15-5-4-9(7-13)14-15/h2-6H,7,13H2,1H3. The van der Waals surface area contributed by atoms with Crippen molar-refractivity contribution in [3.05, 3.63) is 46.7 Å². The molecule has 3 nitrogen and oxygen atoms in total. The SMILES string of the molecule is Cc1ccc(Cl)c(-n2ccc(CN)n2)c1. The van der Waals surface area contributed by atoms with E-state index in [1.54, 1.807) is 4.68 Å². The maximum atomic E-state index is 6.09. The average molecular weight is 222 g/mol. The van der Waals surface area contributed by atoms with Crippen molar-refractivity contribution in [2.75, 3.05) is 0 Å². The summed E-state index contributed by atoms with van der Waals surface area (Å²) in [5, 5.41) is 5.00. The van der Waals surface area contributed by atoms with Gasteiger partial charge in [-0.25, -0.2) is 4.68 Å². The molecule has 0 spiro atoms. The van der Waals surface area contributed by atoms with Gasteiger partial charge >= 0.3 is 0 Å². The van der Waals surface area contributed by atoms with E-state index in [4.69, 9.17) is 17.3 Å². The zero-order chi connectivity index (χ0) is 10.8. The van der Waals surface area contributed by atoms with Crippen molar-refractivity contribution in [1.82, 2.24) is 9.78 Å². The van der Waals surface area contributed by atoms with Gasteiger partial charge in [-0.3, -0.25) is 0 Å². The van der Waals surface area contributed by atoms with Gasteiger partial charge in [0.2, 0.25) is 0 Å². The van der Waals surface area contributed by atoms with Crippen molar-refractivity contribution in [2.45, 2.75) is 13.5 Å². The number of aryl methyl sites for hydroxylation is 1. The summed E-state index contributed by atoms with van der Waals surface area (Å²) >= 11 is 6.09. The van der Waals surface area contributed by atoms with Gasteiger partial charge in [0.25, 0.3) is 0 Å². The minimum absolute atomic E-state index is 0.441. The second-order valence-electron chi connectivity index (χ2n) is 3.41. The maximum Gasteiger partial charge on any atom is 0.0834 e. The Morgan fingerprint density at radius 1 is 1.40 bits per heavy atom. The minimum Gasteiger partial charge on any atom is -0.325 e. The Morgan fingerprint density at radius 3 is 2.87 bits per heavy atom. The molecule has 2 aromatic rings. The lowest BCUT2D eigenvalue weighted by Gasteiger charge is -2.05. The molecule has 0 atom stereocenters. The third kappa shape index (κ3) is 2.03. The van der Waals surface area contributed by atoms with Crippen molar-refractivity contribution < 1.29 is 0 Å². The highest BCUT2D eigenvalue weighted by molar-refractivity contribution is 6.32. The number of hydrogen-bond acceptors (Lipinski definition) is 2. The topological polar surface area (TPSA) is 43.8 Å². The van der Waals surface area contributed by atoms with Crippen LogP contribution in [0.3, 0.4) is 0 Å². The van der Waals surface area contributed by atoms with Gasteiger partial charge in [0.15, 0.2) is 0 Å². The molecule has 0 aliphatic rings. The van der Waals surface area contributed by atoms with E-state index < -0.39 is 0 Å². The van der Waals surface area contributed by atoms with Crippen LogP contribution in [0, 0.1) is 6.92 Å². The number of nitrogens with two attached hydrogens (primary N) is 1. The summed E-state index contributed by atoms with van der Waals surface area (Å²) in [6.45, 7) is 2.46. The maximum absolute atomic E-state index is 6.09. The minimum atomic E-state index is 0.441. The van der Waals surface area contributed by atoms with Crippen LogP contribution >= 0.6 is 11.6 Å². The van der Waals surface area contributed by atoms with Crippen LogP contribution in [0.2, 0.25) is 5.02 Å². The van der Waals surface area contributed by atoms with E-state index in [1.807, 2.05) is 37.4 Å². The molecule has 78 valence electrons. The Kier molecular flexibility index (Phi) is 2.75. The van der Waals surface area contributed by atoms with Gasteiger partial charge in [0.05, 0.1) is 16.4 Å². The molecule has 0 bridgehead atoms. The number of benzene rings is 1. The Balaban J connectivity index is 2.48. The Hall–Kier alpha value is -1.32. The summed E-state index contributed by atoms with van der Waals surface area (Å²) < 4.78 is 1.75. The zero-order valence-corrected chi connectivity index (χ0v) is 9.20. The zero-order valence-electron chi connectivity index (χ0n) is 8.44. The number of halogens is 1. The first-order chi connectivity index (χ1) is 7.20. The number of aromatic nitrogens is 2. The fraction of sp³-hybridized carbons (Fsp3) is 0.182. The van der Waals surface area contributed by atoms with E-state index in [9.17, 15) is 0 Å². The summed E-state index contributed by atoms with van der Waals surface area (Å²) in [4.78, 5) is 0. The first kappa shape index (κ1) is 10.2. The van der Waals surface area contributed by atoms with Crippen molar-refractivity contribution in [2.24, 2.45) is 5.73 Å². The third-order valence-electron chi connectivity index (χ3n) is 2.20. The van der Waals surface area contributed by atoms with Crippen LogP contribution < -0.4 is 5.73 Å². The van der Waals surface area contributed by atoms with Crippen molar-refractivity contribution in [3.8, 4) is 5.69 Å². The Labute approximate surface area is 93.5 Å². The molecule has 0 amide bonds. The average Bonchev–Trinajstić information content (AvgIpc) is 2.70. The fourth-order valence-electron chi connectivity index (χ4n) is 1.40. The molecule has 15 heavy (non-hydrogen) atoms. The lowest BCUT2D eigenvalue weighted by molar-refractivity contribution is 0.833. The molecule has 1 aromatic carbocycles. The van der Waals surface area contributed by atoms with Gasteiger partial charge in [-0.2, -0.15) is 5.10 Å². The molecule has 1 aromatic heterocycles. The highest BCUT2D eigenvalue weighted by Crippen LogP contribution is 2.21. The molecular formula is C11H12ClN3. The molecule has 1 heterocycles. The summed E-state index contributed by atoms with van der Waals surface area (Å²) in [5.74, 6) is 0. The van der Waals surface area contributed by atoms with E-state index in [2.05, 4.69) is 5.10 Å². The van der Waals surface area contributed by atoms with E-state index in [-0.39, 0.29) is 0 Å². The van der Waals surface area contributed by atoms with Gasteiger partial charge in [-0.15, -0.1) is 0 Å². The highest BCUT2D eigenvalue weighted by Gasteiger charge is 2.04. The smallest absolute Gasteiger partial charge is 0.0834 e. The molecule has 0 saturated carbocycles. The van der Waals surface area contributed by atoms with Gasteiger partial charge in [0.1, 0.15) is 0 Å². The summed E-state index contributed by atoms with van der Waals surface area (Å²) in [6.07, 6.45) is 1.86. The van der Waals surface area contributed by atoms with Crippen molar-refractivity contribution in [1.29, 1.82) is 0 Å². The molecular weight excluding hydrogens is 210 g/mol. The van der Waals surface area contributed by atoms with Gasteiger partial charge in [0, 0.05) is 12.7 Å². The molecule has 0 unspecified atom stereocenters. The highest BCUT2D eigenvalue weighted by atomic mass is 35.5. The summed E-state index contributed by atoms with van der Waals surface area (Å²) in [6, 6.07) is 7.73. The van der Waals surface area contributed by atoms with Gasteiger partial charge in [-0.05, 0) is 30.7 Å². The molecule has 0 fully saturated rings. The third-order valence-corrected chi connectivity index (χ3v) is 2.52. The van der Waals surface area contributed by atoms with Crippen molar-refractivity contribution in [3.63, 3.8) is 0 Å². The van der Waals surface area contributed by atoms with Crippen LogP contribution in [0.15, 0.2) is 30.5 Å². The fourth-order valence-corrected chi connectivity index (χ4v) is 1.61. The number of hydrogen-bond donors (Lipinski definition) is 1. The van der Waals surface area contributed by atoms with Crippen LogP contribution in [0.5, 0.6) is 0 Å². The van der Waals surface area contributed by atoms with Crippen LogP contribution in [-0.2, 0) is 6.54 Å². The lowest BCUT2D eigenvalue weighted by atomic mass is 10.2. The predicted octanol–water partition coefficient (Wildman–Crippen LogP) is 2.29. The number of nitrogens with zero attached hydrogens (tertiary/aromatic N) is 2.